The summed E-state index contributed by atoms with van der Waals surface area (Å²) in [6.07, 6.45) is 3.14. The summed E-state index contributed by atoms with van der Waals surface area (Å²) in [5.41, 5.74) is 0. The number of nitrogens with zero attached hydrogens (tertiary/aromatic N) is 2. The Morgan fingerprint density at radius 2 is 2.13 bits per heavy atom. The number of aromatic nitrogens is 1. The Kier molecular flexibility index (Phi) is 5.64. The van der Waals surface area contributed by atoms with Gasteiger partial charge in [0.2, 0.25) is 15.9 Å². The first-order valence-electron chi connectivity index (χ1n) is 7.01. The predicted octanol–water partition coefficient (Wildman–Crippen LogP) is 0.618. The summed E-state index contributed by atoms with van der Waals surface area (Å²) in [6, 6.07) is 6.62. The van der Waals surface area contributed by atoms with Crippen molar-refractivity contribution in [3.8, 4) is 0 Å². The van der Waals surface area contributed by atoms with Gasteiger partial charge in [-0.3, -0.25) is 9.78 Å². The quantitative estimate of drug-likeness (QED) is 0.748. The van der Waals surface area contributed by atoms with Gasteiger partial charge in [-0.2, -0.15) is 4.31 Å². The molecule has 0 aliphatic carbocycles. The van der Waals surface area contributed by atoms with Crippen LogP contribution in [0, 0.1) is 0 Å². The molecule has 2 aromatic rings. The standard InChI is InChI=1S/C15H19N3O4S/c1-18(11-15(19)17-8-9-22-2)23(20,21)14-5-3-4-12-10-16-7-6-13(12)14/h3-7,10H,8-9,11H2,1-2H3,(H,17,19). The molecule has 23 heavy (non-hydrogen) atoms. The third-order valence-corrected chi connectivity index (χ3v) is 5.19. The molecule has 0 bridgehead atoms. The SMILES string of the molecule is COCCNC(=O)CN(C)S(=O)(=O)c1cccc2cnccc12. The minimum atomic E-state index is -3.78. The van der Waals surface area contributed by atoms with Crippen molar-refractivity contribution in [3.63, 3.8) is 0 Å². The minimum Gasteiger partial charge on any atom is -0.383 e. The summed E-state index contributed by atoms with van der Waals surface area (Å²) in [7, 11) is -0.872. The van der Waals surface area contributed by atoms with Crippen LogP contribution in [0.4, 0.5) is 0 Å². The van der Waals surface area contributed by atoms with Crippen LogP contribution in [0.2, 0.25) is 0 Å². The number of carbonyl (C=O) groups is 1. The molecule has 0 spiro atoms. The molecule has 1 amide bonds. The molecule has 1 N–H and O–H groups in total. The van der Waals surface area contributed by atoms with Crippen LogP contribution in [0.25, 0.3) is 10.8 Å². The van der Waals surface area contributed by atoms with Gasteiger partial charge in [-0.15, -0.1) is 0 Å². The lowest BCUT2D eigenvalue weighted by Gasteiger charge is -2.18. The van der Waals surface area contributed by atoms with E-state index in [4.69, 9.17) is 4.74 Å². The van der Waals surface area contributed by atoms with Crippen molar-refractivity contribution in [2.45, 2.75) is 4.90 Å². The van der Waals surface area contributed by atoms with Crippen molar-refractivity contribution in [2.75, 3.05) is 33.9 Å². The Hall–Kier alpha value is -2.03. The van der Waals surface area contributed by atoms with E-state index in [2.05, 4.69) is 10.3 Å². The van der Waals surface area contributed by atoms with Crippen molar-refractivity contribution in [2.24, 2.45) is 0 Å². The van der Waals surface area contributed by atoms with Crippen LogP contribution in [-0.4, -0.2) is 57.5 Å². The lowest BCUT2D eigenvalue weighted by atomic mass is 10.2. The van der Waals surface area contributed by atoms with Crippen LogP contribution in [0.5, 0.6) is 0 Å². The number of fused-ring (bicyclic) bond motifs is 1. The normalized spacial score (nSPS) is 11.8. The van der Waals surface area contributed by atoms with Crippen molar-refractivity contribution in [1.82, 2.24) is 14.6 Å². The molecule has 1 heterocycles. The van der Waals surface area contributed by atoms with Gasteiger partial charge in [0.25, 0.3) is 0 Å². The highest BCUT2D eigenvalue weighted by Gasteiger charge is 2.24. The Morgan fingerprint density at radius 3 is 2.87 bits per heavy atom. The molecule has 7 nitrogen and oxygen atoms in total. The molecule has 0 saturated heterocycles. The number of carbonyl (C=O) groups excluding carboxylic acids is 1. The van der Waals surface area contributed by atoms with E-state index < -0.39 is 10.0 Å². The maximum atomic E-state index is 12.7. The van der Waals surface area contributed by atoms with E-state index in [0.29, 0.717) is 18.5 Å². The van der Waals surface area contributed by atoms with Gasteiger partial charge in [0, 0.05) is 43.9 Å². The molecule has 0 radical (unpaired) electrons. The summed E-state index contributed by atoms with van der Waals surface area (Å²) in [5.74, 6) is -0.380. The molecule has 0 unspecified atom stereocenters. The van der Waals surface area contributed by atoms with Crippen LogP contribution in [0.1, 0.15) is 0 Å². The number of ether oxygens (including phenoxy) is 1. The number of rotatable bonds is 7. The van der Waals surface area contributed by atoms with Gasteiger partial charge in [0.15, 0.2) is 0 Å². The molecule has 0 fully saturated rings. The molecule has 0 atom stereocenters. The number of pyridine rings is 1. The van der Waals surface area contributed by atoms with E-state index in [-0.39, 0.29) is 17.3 Å². The fraction of sp³-hybridized carbons (Fsp3) is 0.333. The molecule has 124 valence electrons. The molecule has 8 heteroatoms. The molecular formula is C15H19N3O4S. The van der Waals surface area contributed by atoms with Gasteiger partial charge in [-0.05, 0) is 12.1 Å². The fourth-order valence-electron chi connectivity index (χ4n) is 2.12. The summed E-state index contributed by atoms with van der Waals surface area (Å²) in [4.78, 5) is 15.9. The number of hydrogen-bond acceptors (Lipinski definition) is 5. The molecule has 0 aliphatic rings. The number of sulfonamides is 1. The summed E-state index contributed by atoms with van der Waals surface area (Å²) >= 11 is 0. The van der Waals surface area contributed by atoms with Crippen LogP contribution in [0.15, 0.2) is 41.6 Å². The molecular weight excluding hydrogens is 318 g/mol. The lowest BCUT2D eigenvalue weighted by Crippen LogP contribution is -2.39. The second-order valence-corrected chi connectivity index (χ2v) is 6.97. The maximum absolute atomic E-state index is 12.7. The number of hydrogen-bond donors (Lipinski definition) is 1. The summed E-state index contributed by atoms with van der Waals surface area (Å²) < 4.78 is 31.3. The summed E-state index contributed by atoms with van der Waals surface area (Å²) in [6.45, 7) is 0.454. The highest BCUT2D eigenvalue weighted by molar-refractivity contribution is 7.89. The van der Waals surface area contributed by atoms with Gasteiger partial charge < -0.3 is 10.1 Å². The Labute approximate surface area is 135 Å². The Morgan fingerprint density at radius 1 is 1.35 bits per heavy atom. The Balaban J connectivity index is 2.21. The third kappa shape index (κ3) is 4.04. The van der Waals surface area contributed by atoms with Crippen molar-refractivity contribution >= 4 is 26.7 Å². The van der Waals surface area contributed by atoms with E-state index in [9.17, 15) is 13.2 Å². The molecule has 2 rings (SSSR count). The molecule has 0 aliphatic heterocycles. The van der Waals surface area contributed by atoms with Crippen LogP contribution in [0.3, 0.4) is 0 Å². The second-order valence-electron chi connectivity index (χ2n) is 4.96. The first-order chi connectivity index (χ1) is 11.0. The molecule has 1 aromatic carbocycles. The second kappa shape index (κ2) is 7.49. The zero-order chi connectivity index (χ0) is 16.9. The first kappa shape index (κ1) is 17.3. The predicted molar refractivity (Wildman–Crippen MR) is 86.4 cm³/mol. The zero-order valence-electron chi connectivity index (χ0n) is 13.0. The highest BCUT2D eigenvalue weighted by Crippen LogP contribution is 2.24. The average molecular weight is 337 g/mol. The number of nitrogens with one attached hydrogen (secondary N) is 1. The third-order valence-electron chi connectivity index (χ3n) is 3.32. The van der Waals surface area contributed by atoms with Crippen LogP contribution < -0.4 is 5.32 Å². The van der Waals surface area contributed by atoms with Gasteiger partial charge in [-0.25, -0.2) is 8.42 Å². The maximum Gasteiger partial charge on any atom is 0.243 e. The lowest BCUT2D eigenvalue weighted by molar-refractivity contribution is -0.121. The highest BCUT2D eigenvalue weighted by atomic mass is 32.2. The van der Waals surface area contributed by atoms with E-state index in [0.717, 1.165) is 9.69 Å². The first-order valence-corrected chi connectivity index (χ1v) is 8.45. The van der Waals surface area contributed by atoms with E-state index >= 15 is 0 Å². The van der Waals surface area contributed by atoms with E-state index in [1.165, 1.54) is 20.2 Å². The Bertz CT molecular complexity index is 787. The van der Waals surface area contributed by atoms with Crippen molar-refractivity contribution in [3.05, 3.63) is 36.7 Å². The minimum absolute atomic E-state index is 0.157. The zero-order valence-corrected chi connectivity index (χ0v) is 13.8. The average Bonchev–Trinajstić information content (AvgIpc) is 2.54. The van der Waals surface area contributed by atoms with Crippen LogP contribution >= 0.6 is 0 Å². The topological polar surface area (TPSA) is 88.6 Å². The van der Waals surface area contributed by atoms with E-state index in [1.54, 1.807) is 30.6 Å². The molecule has 1 aromatic heterocycles. The number of methoxy groups -OCH3 is 1. The van der Waals surface area contributed by atoms with Crippen LogP contribution in [-0.2, 0) is 19.6 Å². The smallest absolute Gasteiger partial charge is 0.243 e. The van der Waals surface area contributed by atoms with Crippen molar-refractivity contribution < 1.29 is 17.9 Å². The summed E-state index contributed by atoms with van der Waals surface area (Å²) in [5, 5.41) is 3.90. The van der Waals surface area contributed by atoms with Crippen molar-refractivity contribution in [1.29, 1.82) is 0 Å². The molecule has 0 saturated carbocycles. The van der Waals surface area contributed by atoms with E-state index in [1.807, 2.05) is 0 Å². The fourth-order valence-corrected chi connectivity index (χ4v) is 3.46. The van der Waals surface area contributed by atoms with Gasteiger partial charge in [-0.1, -0.05) is 12.1 Å². The number of amides is 1. The van der Waals surface area contributed by atoms with Gasteiger partial charge in [0.05, 0.1) is 18.0 Å². The largest absolute Gasteiger partial charge is 0.383 e. The number of likely N-dealkylation sites (N-methyl/N-ethyl adjacent to an activating group) is 1. The van der Waals surface area contributed by atoms with Gasteiger partial charge in [0.1, 0.15) is 0 Å². The number of benzene rings is 1. The van der Waals surface area contributed by atoms with Gasteiger partial charge >= 0.3 is 0 Å². The monoisotopic (exact) mass is 337 g/mol.